The molecule has 0 aromatic carbocycles. The lowest BCUT2D eigenvalue weighted by Gasteiger charge is -2.35. The molecular formula is C12H23NO3. The van der Waals surface area contributed by atoms with Gasteiger partial charge < -0.3 is 14.7 Å². The second kappa shape index (κ2) is 6.86. The molecule has 1 aliphatic carbocycles. The van der Waals surface area contributed by atoms with Crippen molar-refractivity contribution in [1.29, 1.82) is 0 Å². The van der Waals surface area contributed by atoms with E-state index in [2.05, 4.69) is 11.8 Å². The van der Waals surface area contributed by atoms with Crippen molar-refractivity contribution in [3.05, 3.63) is 0 Å². The van der Waals surface area contributed by atoms with E-state index in [4.69, 9.17) is 9.84 Å². The quantitative estimate of drug-likeness (QED) is 0.753. The number of hydrogen-bond acceptors (Lipinski definition) is 3. The van der Waals surface area contributed by atoms with E-state index in [1.165, 1.54) is 0 Å². The number of methoxy groups -OCH3 is 1. The van der Waals surface area contributed by atoms with Crippen LogP contribution in [0.5, 0.6) is 0 Å². The van der Waals surface area contributed by atoms with Crippen LogP contribution in [0.4, 0.5) is 0 Å². The predicted octanol–water partition coefficient (Wildman–Crippen LogP) is 1.74. The Morgan fingerprint density at radius 3 is 2.44 bits per heavy atom. The van der Waals surface area contributed by atoms with Crippen LogP contribution in [0.25, 0.3) is 0 Å². The van der Waals surface area contributed by atoms with Gasteiger partial charge in [-0.3, -0.25) is 4.79 Å². The molecule has 4 heteroatoms. The Morgan fingerprint density at radius 2 is 2.00 bits per heavy atom. The molecule has 0 atom stereocenters. The molecule has 0 aromatic heterocycles. The zero-order chi connectivity index (χ0) is 12.0. The first-order valence-electron chi connectivity index (χ1n) is 6.16. The van der Waals surface area contributed by atoms with Gasteiger partial charge in [0.1, 0.15) is 0 Å². The molecule has 94 valence electrons. The molecule has 0 heterocycles. The number of nitrogens with zero attached hydrogens (tertiary/aromatic N) is 1. The van der Waals surface area contributed by atoms with Crippen LogP contribution in [0.15, 0.2) is 0 Å². The third-order valence-electron chi connectivity index (χ3n) is 3.51. The van der Waals surface area contributed by atoms with Crippen LogP contribution < -0.4 is 0 Å². The number of carboxylic acids is 1. The molecule has 1 N–H and O–H groups in total. The monoisotopic (exact) mass is 229 g/mol. The summed E-state index contributed by atoms with van der Waals surface area (Å²) >= 11 is 0. The van der Waals surface area contributed by atoms with Crippen molar-refractivity contribution >= 4 is 5.97 Å². The molecule has 1 rings (SSSR count). The van der Waals surface area contributed by atoms with Gasteiger partial charge in [-0.2, -0.15) is 0 Å². The van der Waals surface area contributed by atoms with Crippen molar-refractivity contribution < 1.29 is 14.6 Å². The molecule has 0 saturated heterocycles. The van der Waals surface area contributed by atoms with E-state index in [1.54, 1.807) is 7.11 Å². The van der Waals surface area contributed by atoms with E-state index >= 15 is 0 Å². The fourth-order valence-electron chi connectivity index (χ4n) is 2.48. The Bertz CT molecular complexity index is 212. The molecule has 0 spiro atoms. The SMILES string of the molecule is CCN(CCC(=O)O)C1CCC(OC)CC1. The summed E-state index contributed by atoms with van der Waals surface area (Å²) in [4.78, 5) is 12.8. The standard InChI is InChI=1S/C12H23NO3/c1-3-13(9-8-12(14)15)10-4-6-11(16-2)7-5-10/h10-11H,3-9H2,1-2H3,(H,14,15). The largest absolute Gasteiger partial charge is 0.481 e. The van der Waals surface area contributed by atoms with E-state index in [-0.39, 0.29) is 6.42 Å². The van der Waals surface area contributed by atoms with Gasteiger partial charge in [-0.1, -0.05) is 6.92 Å². The number of carboxylic acid groups (broad SMARTS) is 1. The summed E-state index contributed by atoms with van der Waals surface area (Å²) in [6.45, 7) is 3.72. The summed E-state index contributed by atoms with van der Waals surface area (Å²) < 4.78 is 5.34. The molecule has 1 saturated carbocycles. The summed E-state index contributed by atoms with van der Waals surface area (Å²) in [7, 11) is 1.77. The van der Waals surface area contributed by atoms with Crippen LogP contribution in [0.2, 0.25) is 0 Å². The molecule has 0 aliphatic heterocycles. The summed E-state index contributed by atoms with van der Waals surface area (Å²) in [6, 6.07) is 0.552. The zero-order valence-corrected chi connectivity index (χ0v) is 10.3. The fraction of sp³-hybridized carbons (Fsp3) is 0.917. The van der Waals surface area contributed by atoms with E-state index < -0.39 is 5.97 Å². The second-order valence-corrected chi connectivity index (χ2v) is 4.44. The third kappa shape index (κ3) is 4.10. The number of hydrogen-bond donors (Lipinski definition) is 1. The van der Waals surface area contributed by atoms with Gasteiger partial charge in [0, 0.05) is 19.7 Å². The highest BCUT2D eigenvalue weighted by molar-refractivity contribution is 5.66. The molecule has 1 fully saturated rings. The Balaban J connectivity index is 2.33. The highest BCUT2D eigenvalue weighted by atomic mass is 16.5. The van der Waals surface area contributed by atoms with Crippen LogP contribution in [0, 0.1) is 0 Å². The van der Waals surface area contributed by atoms with E-state index in [0.29, 0.717) is 18.7 Å². The first-order valence-corrected chi connectivity index (χ1v) is 6.16. The van der Waals surface area contributed by atoms with Crippen LogP contribution in [0.3, 0.4) is 0 Å². The highest BCUT2D eigenvalue weighted by Crippen LogP contribution is 2.24. The van der Waals surface area contributed by atoms with Crippen molar-refractivity contribution in [2.75, 3.05) is 20.2 Å². The van der Waals surface area contributed by atoms with E-state index in [1.807, 2.05) is 0 Å². The Morgan fingerprint density at radius 1 is 1.38 bits per heavy atom. The molecule has 0 bridgehead atoms. The fourth-order valence-corrected chi connectivity index (χ4v) is 2.48. The molecule has 0 radical (unpaired) electrons. The first kappa shape index (κ1) is 13.5. The Hall–Kier alpha value is -0.610. The van der Waals surface area contributed by atoms with Gasteiger partial charge in [-0.05, 0) is 32.2 Å². The number of carbonyl (C=O) groups is 1. The van der Waals surface area contributed by atoms with Gasteiger partial charge in [0.25, 0.3) is 0 Å². The van der Waals surface area contributed by atoms with E-state index in [0.717, 1.165) is 32.2 Å². The second-order valence-electron chi connectivity index (χ2n) is 4.44. The number of aliphatic carboxylic acids is 1. The molecule has 0 amide bonds. The van der Waals surface area contributed by atoms with Gasteiger partial charge in [-0.15, -0.1) is 0 Å². The minimum Gasteiger partial charge on any atom is -0.481 e. The van der Waals surface area contributed by atoms with Gasteiger partial charge in [0.15, 0.2) is 0 Å². The summed E-state index contributed by atoms with van der Waals surface area (Å²) in [5.41, 5.74) is 0. The maximum atomic E-state index is 10.6. The normalized spacial score (nSPS) is 25.9. The molecule has 4 nitrogen and oxygen atoms in total. The molecule has 0 aromatic rings. The van der Waals surface area contributed by atoms with Crippen molar-refractivity contribution in [2.45, 2.75) is 51.2 Å². The summed E-state index contributed by atoms with van der Waals surface area (Å²) in [5.74, 6) is -0.705. The van der Waals surface area contributed by atoms with Crippen molar-refractivity contribution in [3.8, 4) is 0 Å². The van der Waals surface area contributed by atoms with Crippen LogP contribution >= 0.6 is 0 Å². The highest BCUT2D eigenvalue weighted by Gasteiger charge is 2.24. The van der Waals surface area contributed by atoms with Gasteiger partial charge in [0.05, 0.1) is 12.5 Å². The maximum absolute atomic E-state index is 10.6. The Kier molecular flexibility index (Phi) is 5.77. The average molecular weight is 229 g/mol. The Labute approximate surface area is 97.6 Å². The van der Waals surface area contributed by atoms with Crippen LogP contribution in [-0.2, 0) is 9.53 Å². The third-order valence-corrected chi connectivity index (χ3v) is 3.51. The smallest absolute Gasteiger partial charge is 0.304 e. The number of rotatable bonds is 6. The van der Waals surface area contributed by atoms with Gasteiger partial charge in [0.2, 0.25) is 0 Å². The molecular weight excluding hydrogens is 206 g/mol. The van der Waals surface area contributed by atoms with Crippen molar-refractivity contribution in [2.24, 2.45) is 0 Å². The summed E-state index contributed by atoms with van der Waals surface area (Å²) in [5, 5.41) is 8.69. The van der Waals surface area contributed by atoms with E-state index in [9.17, 15) is 4.79 Å². The maximum Gasteiger partial charge on any atom is 0.304 e. The number of ether oxygens (including phenoxy) is 1. The average Bonchev–Trinajstić information content (AvgIpc) is 2.30. The van der Waals surface area contributed by atoms with Gasteiger partial charge in [-0.25, -0.2) is 0 Å². The molecule has 0 unspecified atom stereocenters. The van der Waals surface area contributed by atoms with Crippen LogP contribution in [-0.4, -0.2) is 48.3 Å². The first-order chi connectivity index (χ1) is 7.67. The lowest BCUT2D eigenvalue weighted by molar-refractivity contribution is -0.137. The predicted molar refractivity (Wildman–Crippen MR) is 62.6 cm³/mol. The summed E-state index contributed by atoms with van der Waals surface area (Å²) in [6.07, 6.45) is 5.13. The topological polar surface area (TPSA) is 49.8 Å². The van der Waals surface area contributed by atoms with Gasteiger partial charge >= 0.3 is 5.97 Å². The lowest BCUT2D eigenvalue weighted by Crippen LogP contribution is -2.40. The molecule has 16 heavy (non-hydrogen) atoms. The zero-order valence-electron chi connectivity index (χ0n) is 10.3. The van der Waals surface area contributed by atoms with Crippen LogP contribution in [0.1, 0.15) is 39.0 Å². The lowest BCUT2D eigenvalue weighted by atomic mass is 9.91. The van der Waals surface area contributed by atoms with Crippen molar-refractivity contribution in [1.82, 2.24) is 4.90 Å². The molecule has 1 aliphatic rings. The van der Waals surface area contributed by atoms with Crippen molar-refractivity contribution in [3.63, 3.8) is 0 Å². The minimum atomic E-state index is -0.705. The minimum absolute atomic E-state index is 0.248.